The number of aliphatic hydroxyl groups excluding tert-OH is 1. The zero-order chi connectivity index (χ0) is 10.8. The summed E-state index contributed by atoms with van der Waals surface area (Å²) in [5.74, 6) is 0.225. The first-order valence-corrected chi connectivity index (χ1v) is 6.86. The molecule has 1 aliphatic rings. The van der Waals surface area contributed by atoms with Gasteiger partial charge >= 0.3 is 0 Å². The van der Waals surface area contributed by atoms with Gasteiger partial charge in [-0.15, -0.1) is 0 Å². The van der Waals surface area contributed by atoms with Crippen LogP contribution in [-0.4, -0.2) is 37.7 Å². The molecule has 0 aromatic heterocycles. The van der Waals surface area contributed by atoms with Crippen molar-refractivity contribution in [2.24, 2.45) is 11.1 Å². The van der Waals surface area contributed by atoms with E-state index in [4.69, 9.17) is 5.73 Å². The van der Waals surface area contributed by atoms with Crippen LogP contribution in [0.2, 0.25) is 0 Å². The Hall–Kier alpha value is -0.130. The van der Waals surface area contributed by atoms with E-state index in [0.717, 1.165) is 6.42 Å². The smallest absolute Gasteiger partial charge is 0.151 e. The molecule has 0 saturated carbocycles. The average Bonchev–Trinajstić information content (AvgIpc) is 2.43. The Bertz CT molecular complexity index is 288. The van der Waals surface area contributed by atoms with E-state index in [-0.39, 0.29) is 18.1 Å². The van der Waals surface area contributed by atoms with Crippen LogP contribution in [0.25, 0.3) is 0 Å². The van der Waals surface area contributed by atoms with Gasteiger partial charge in [-0.05, 0) is 12.8 Å². The van der Waals surface area contributed by atoms with Crippen LogP contribution in [0, 0.1) is 5.41 Å². The minimum atomic E-state index is -2.97. The van der Waals surface area contributed by atoms with Crippen LogP contribution in [0.1, 0.15) is 26.2 Å². The first kappa shape index (κ1) is 11.9. The van der Waals surface area contributed by atoms with Crippen molar-refractivity contribution in [1.82, 2.24) is 0 Å². The Labute approximate surface area is 85.4 Å². The number of nitrogens with two attached hydrogens (primary N) is 1. The van der Waals surface area contributed by atoms with E-state index < -0.39 is 21.4 Å². The fourth-order valence-corrected chi connectivity index (χ4v) is 4.27. The van der Waals surface area contributed by atoms with Gasteiger partial charge in [0.25, 0.3) is 0 Å². The van der Waals surface area contributed by atoms with E-state index in [9.17, 15) is 13.5 Å². The topological polar surface area (TPSA) is 80.4 Å². The summed E-state index contributed by atoms with van der Waals surface area (Å²) in [5, 5.41) is 9.89. The van der Waals surface area contributed by atoms with Gasteiger partial charge in [0.2, 0.25) is 0 Å². The molecule has 5 heteroatoms. The van der Waals surface area contributed by atoms with Gasteiger partial charge in [0.15, 0.2) is 9.84 Å². The Morgan fingerprint density at radius 2 is 2.21 bits per heavy atom. The van der Waals surface area contributed by atoms with Gasteiger partial charge in [-0.25, -0.2) is 8.42 Å². The van der Waals surface area contributed by atoms with E-state index >= 15 is 0 Å². The normalized spacial score (nSPS) is 33.1. The summed E-state index contributed by atoms with van der Waals surface area (Å²) < 4.78 is 22.7. The van der Waals surface area contributed by atoms with E-state index in [1.165, 1.54) is 0 Å². The molecule has 0 aromatic carbocycles. The van der Waals surface area contributed by atoms with Crippen LogP contribution in [-0.2, 0) is 9.84 Å². The number of hydrogen-bond acceptors (Lipinski definition) is 4. The van der Waals surface area contributed by atoms with Crippen molar-refractivity contribution in [3.8, 4) is 0 Å². The lowest BCUT2D eigenvalue weighted by Gasteiger charge is -2.31. The average molecular weight is 221 g/mol. The highest BCUT2D eigenvalue weighted by atomic mass is 32.2. The molecule has 1 saturated heterocycles. The van der Waals surface area contributed by atoms with Crippen molar-refractivity contribution in [2.45, 2.75) is 32.3 Å². The Morgan fingerprint density at radius 3 is 2.57 bits per heavy atom. The molecule has 0 aliphatic carbocycles. The van der Waals surface area contributed by atoms with Crippen LogP contribution >= 0.6 is 0 Å². The Kier molecular flexibility index (Phi) is 3.55. The second-order valence-electron chi connectivity index (χ2n) is 4.21. The molecule has 84 valence electrons. The lowest BCUT2D eigenvalue weighted by atomic mass is 9.80. The molecule has 0 spiro atoms. The van der Waals surface area contributed by atoms with E-state index in [1.807, 2.05) is 6.92 Å². The van der Waals surface area contributed by atoms with E-state index in [0.29, 0.717) is 12.8 Å². The van der Waals surface area contributed by atoms with Crippen LogP contribution in [0.15, 0.2) is 0 Å². The van der Waals surface area contributed by atoms with Gasteiger partial charge in [-0.2, -0.15) is 0 Å². The number of sulfone groups is 1. The molecule has 0 bridgehead atoms. The molecule has 1 fully saturated rings. The fraction of sp³-hybridized carbons (Fsp3) is 1.00. The van der Waals surface area contributed by atoms with E-state index in [2.05, 4.69) is 0 Å². The second-order valence-corrected chi connectivity index (χ2v) is 6.40. The lowest BCUT2D eigenvalue weighted by Crippen LogP contribution is -2.42. The molecule has 2 unspecified atom stereocenters. The van der Waals surface area contributed by atoms with Crippen molar-refractivity contribution in [1.29, 1.82) is 0 Å². The monoisotopic (exact) mass is 221 g/mol. The molecular weight excluding hydrogens is 202 g/mol. The fourth-order valence-electron chi connectivity index (χ4n) is 2.08. The van der Waals surface area contributed by atoms with Crippen LogP contribution in [0.3, 0.4) is 0 Å². The van der Waals surface area contributed by atoms with Gasteiger partial charge in [-0.1, -0.05) is 13.3 Å². The summed E-state index contributed by atoms with van der Waals surface area (Å²) in [6.45, 7) is 2.23. The van der Waals surface area contributed by atoms with Gasteiger partial charge in [0.1, 0.15) is 0 Å². The largest absolute Gasteiger partial charge is 0.392 e. The predicted octanol–water partition coefficient (Wildman–Crippen LogP) is -0.0890. The van der Waals surface area contributed by atoms with Crippen molar-refractivity contribution < 1.29 is 13.5 Å². The minimum Gasteiger partial charge on any atom is -0.392 e. The van der Waals surface area contributed by atoms with Crippen molar-refractivity contribution in [3.05, 3.63) is 0 Å². The zero-order valence-corrected chi connectivity index (χ0v) is 9.39. The predicted molar refractivity (Wildman–Crippen MR) is 55.7 cm³/mol. The van der Waals surface area contributed by atoms with Gasteiger partial charge in [-0.3, -0.25) is 0 Å². The number of aliphatic hydroxyl groups is 1. The molecule has 14 heavy (non-hydrogen) atoms. The van der Waals surface area contributed by atoms with Crippen molar-refractivity contribution in [3.63, 3.8) is 0 Å². The first-order chi connectivity index (χ1) is 6.46. The maximum Gasteiger partial charge on any atom is 0.151 e. The van der Waals surface area contributed by atoms with Gasteiger partial charge < -0.3 is 10.8 Å². The molecule has 4 nitrogen and oxygen atoms in total. The summed E-state index contributed by atoms with van der Waals surface area (Å²) in [7, 11) is -2.97. The van der Waals surface area contributed by atoms with Crippen LogP contribution in [0.4, 0.5) is 0 Å². The number of rotatable bonds is 4. The Balaban J connectivity index is 2.79. The van der Waals surface area contributed by atoms with Crippen molar-refractivity contribution in [2.75, 3.05) is 18.1 Å². The van der Waals surface area contributed by atoms with Crippen LogP contribution < -0.4 is 5.73 Å². The number of hydrogen-bond donors (Lipinski definition) is 2. The first-order valence-electron chi connectivity index (χ1n) is 5.04. The minimum absolute atomic E-state index is 0.0532. The van der Waals surface area contributed by atoms with Gasteiger partial charge in [0.05, 0.1) is 17.6 Å². The third kappa shape index (κ3) is 2.27. The summed E-state index contributed by atoms with van der Waals surface area (Å²) >= 11 is 0. The molecule has 3 N–H and O–H groups in total. The summed E-state index contributed by atoms with van der Waals surface area (Å²) in [6, 6.07) is 0. The highest BCUT2D eigenvalue weighted by Crippen LogP contribution is 2.36. The highest BCUT2D eigenvalue weighted by molar-refractivity contribution is 7.91. The molecular formula is C9H19NO3S. The SMILES string of the molecule is CCCC(O)C1(CN)CCS(=O)(=O)C1. The Morgan fingerprint density at radius 1 is 1.57 bits per heavy atom. The lowest BCUT2D eigenvalue weighted by molar-refractivity contribution is 0.0406. The molecule has 0 amide bonds. The third-order valence-electron chi connectivity index (χ3n) is 3.09. The third-order valence-corrected chi connectivity index (χ3v) is 4.93. The maximum absolute atomic E-state index is 11.3. The standard InChI is InChI=1S/C9H19NO3S/c1-2-3-8(11)9(6-10)4-5-14(12,13)7-9/h8,11H,2-7,10H2,1H3. The maximum atomic E-state index is 11.3. The van der Waals surface area contributed by atoms with Gasteiger partial charge in [0, 0.05) is 12.0 Å². The molecule has 0 aromatic rings. The summed E-state index contributed by atoms with van der Waals surface area (Å²) in [5.41, 5.74) is 5.02. The van der Waals surface area contributed by atoms with Crippen molar-refractivity contribution >= 4 is 9.84 Å². The summed E-state index contributed by atoms with van der Waals surface area (Å²) in [4.78, 5) is 0. The molecule has 2 atom stereocenters. The summed E-state index contributed by atoms with van der Waals surface area (Å²) in [6.07, 6.45) is 1.41. The highest BCUT2D eigenvalue weighted by Gasteiger charge is 2.45. The molecule has 1 heterocycles. The van der Waals surface area contributed by atoms with Crippen LogP contribution in [0.5, 0.6) is 0 Å². The zero-order valence-electron chi connectivity index (χ0n) is 8.57. The molecule has 1 aliphatic heterocycles. The molecule has 0 radical (unpaired) electrons. The van der Waals surface area contributed by atoms with E-state index in [1.54, 1.807) is 0 Å². The quantitative estimate of drug-likeness (QED) is 0.695. The molecule has 1 rings (SSSR count). The second kappa shape index (κ2) is 4.16.